The number of aromatic nitrogens is 4. The second-order valence-electron chi connectivity index (χ2n) is 7.89. The third-order valence-electron chi connectivity index (χ3n) is 5.54. The SMILES string of the molecule is CCCCc1nc(C)n2nc(C(F)(F)F)nc2c1Cc1ccc(-c2ccccc2C#N)cc1. The lowest BCUT2D eigenvalue weighted by Crippen LogP contribution is -2.09. The second kappa shape index (κ2) is 9.02. The van der Waals surface area contributed by atoms with Crippen LogP contribution in [0.2, 0.25) is 0 Å². The van der Waals surface area contributed by atoms with Crippen LogP contribution >= 0.6 is 0 Å². The summed E-state index contributed by atoms with van der Waals surface area (Å²) in [5, 5.41) is 13.0. The van der Waals surface area contributed by atoms with Crippen LogP contribution in [0.5, 0.6) is 0 Å². The molecule has 0 spiro atoms. The van der Waals surface area contributed by atoms with Crippen molar-refractivity contribution in [3.05, 3.63) is 82.6 Å². The largest absolute Gasteiger partial charge is 0.453 e. The highest BCUT2D eigenvalue weighted by Gasteiger charge is 2.37. The zero-order chi connectivity index (χ0) is 23.6. The molecule has 0 aliphatic carbocycles. The van der Waals surface area contributed by atoms with E-state index in [1.54, 1.807) is 13.0 Å². The number of alkyl halides is 3. The van der Waals surface area contributed by atoms with E-state index in [0.717, 1.165) is 35.2 Å². The second-order valence-corrected chi connectivity index (χ2v) is 7.89. The highest BCUT2D eigenvalue weighted by Crippen LogP contribution is 2.29. The van der Waals surface area contributed by atoms with Crippen LogP contribution in [0.4, 0.5) is 13.2 Å². The minimum Gasteiger partial charge on any atom is -0.238 e. The van der Waals surface area contributed by atoms with E-state index < -0.39 is 12.0 Å². The predicted octanol–water partition coefficient (Wildman–Crippen LogP) is 5.92. The Morgan fingerprint density at radius 1 is 1.03 bits per heavy atom. The first kappa shape index (κ1) is 22.5. The molecule has 0 amide bonds. The first-order valence-corrected chi connectivity index (χ1v) is 10.7. The maximum absolute atomic E-state index is 13.3. The Hall–Kier alpha value is -3.73. The maximum atomic E-state index is 13.3. The maximum Gasteiger partial charge on any atom is 0.453 e. The Morgan fingerprint density at radius 2 is 1.76 bits per heavy atom. The molecule has 4 rings (SSSR count). The van der Waals surface area contributed by atoms with E-state index in [-0.39, 0.29) is 5.65 Å². The molecule has 0 saturated carbocycles. The van der Waals surface area contributed by atoms with E-state index in [4.69, 9.17) is 0 Å². The first-order chi connectivity index (χ1) is 15.8. The van der Waals surface area contributed by atoms with Gasteiger partial charge in [0.25, 0.3) is 5.82 Å². The number of benzene rings is 2. The minimum absolute atomic E-state index is 0.194. The zero-order valence-electron chi connectivity index (χ0n) is 18.3. The zero-order valence-corrected chi connectivity index (χ0v) is 18.3. The van der Waals surface area contributed by atoms with E-state index >= 15 is 0 Å². The third kappa shape index (κ3) is 4.58. The molecule has 0 fully saturated rings. The van der Waals surface area contributed by atoms with Crippen molar-refractivity contribution in [3.8, 4) is 17.2 Å². The van der Waals surface area contributed by atoms with Crippen LogP contribution in [-0.4, -0.2) is 19.6 Å². The highest BCUT2D eigenvalue weighted by molar-refractivity contribution is 5.70. The standard InChI is InChI=1S/C25H22F3N5/c1-3-4-9-22-21(23-31-24(25(26,27)28)32-33(23)16(2)30-22)14-17-10-12-18(13-11-17)20-8-6-5-7-19(20)15-29/h5-8,10-13H,3-4,9,14H2,1-2H3. The van der Waals surface area contributed by atoms with Crippen LogP contribution in [0.15, 0.2) is 48.5 Å². The topological polar surface area (TPSA) is 66.9 Å². The molecule has 0 aliphatic heterocycles. The van der Waals surface area contributed by atoms with Crippen LogP contribution in [0, 0.1) is 18.3 Å². The van der Waals surface area contributed by atoms with Crippen LogP contribution in [0.3, 0.4) is 0 Å². The molecular weight excluding hydrogens is 427 g/mol. The smallest absolute Gasteiger partial charge is 0.238 e. The third-order valence-corrected chi connectivity index (χ3v) is 5.54. The number of fused-ring (bicyclic) bond motifs is 1. The van der Waals surface area contributed by atoms with Crippen LogP contribution in [-0.2, 0) is 19.0 Å². The van der Waals surface area contributed by atoms with Gasteiger partial charge in [0, 0.05) is 17.7 Å². The van der Waals surface area contributed by atoms with Gasteiger partial charge in [0.15, 0.2) is 5.65 Å². The molecule has 5 nitrogen and oxygen atoms in total. The summed E-state index contributed by atoms with van der Waals surface area (Å²) in [7, 11) is 0. The number of nitrogens with zero attached hydrogens (tertiary/aromatic N) is 5. The van der Waals surface area contributed by atoms with Gasteiger partial charge in [-0.2, -0.15) is 22.9 Å². The Labute approximate surface area is 189 Å². The average molecular weight is 449 g/mol. The number of halogens is 3. The number of rotatable bonds is 6. The summed E-state index contributed by atoms with van der Waals surface area (Å²) in [5.74, 6) is -0.781. The summed E-state index contributed by atoms with van der Waals surface area (Å²) < 4.78 is 41.1. The molecule has 0 unspecified atom stereocenters. The molecule has 0 N–H and O–H groups in total. The van der Waals surface area contributed by atoms with Crippen LogP contribution in [0.25, 0.3) is 16.8 Å². The fraction of sp³-hybridized carbons (Fsp3) is 0.280. The summed E-state index contributed by atoms with van der Waals surface area (Å²) in [5.41, 5.74) is 4.83. The van der Waals surface area contributed by atoms with Crippen LogP contribution < -0.4 is 0 Å². The fourth-order valence-corrected chi connectivity index (χ4v) is 3.86. The summed E-state index contributed by atoms with van der Waals surface area (Å²) in [6.07, 6.45) is -1.77. The fourth-order valence-electron chi connectivity index (χ4n) is 3.86. The quantitative estimate of drug-likeness (QED) is 0.366. The molecule has 33 heavy (non-hydrogen) atoms. The predicted molar refractivity (Wildman–Crippen MR) is 119 cm³/mol. The summed E-state index contributed by atoms with van der Waals surface area (Å²) >= 11 is 0. The van der Waals surface area contributed by atoms with Gasteiger partial charge in [-0.1, -0.05) is 55.8 Å². The molecule has 4 aromatic rings. The number of unbranched alkanes of at least 4 members (excludes halogenated alkanes) is 1. The van der Waals surface area contributed by atoms with Gasteiger partial charge in [-0.25, -0.2) is 9.97 Å². The van der Waals surface area contributed by atoms with E-state index in [9.17, 15) is 18.4 Å². The lowest BCUT2D eigenvalue weighted by molar-refractivity contribution is -0.144. The number of nitriles is 1. The van der Waals surface area contributed by atoms with Gasteiger partial charge in [-0.05, 0) is 42.5 Å². The van der Waals surface area contributed by atoms with Crippen molar-refractivity contribution in [2.75, 3.05) is 0 Å². The summed E-state index contributed by atoms with van der Waals surface area (Å²) in [6, 6.07) is 17.2. The monoisotopic (exact) mass is 449 g/mol. The molecule has 168 valence electrons. The highest BCUT2D eigenvalue weighted by atomic mass is 19.4. The van der Waals surface area contributed by atoms with Gasteiger partial charge < -0.3 is 0 Å². The number of hydrogen-bond acceptors (Lipinski definition) is 4. The van der Waals surface area contributed by atoms with Crippen LogP contribution in [0.1, 0.15) is 53.8 Å². The molecule has 0 bridgehead atoms. The summed E-state index contributed by atoms with van der Waals surface area (Å²) in [4.78, 5) is 8.42. The van der Waals surface area contributed by atoms with E-state index in [0.29, 0.717) is 29.8 Å². The van der Waals surface area contributed by atoms with Crippen molar-refractivity contribution in [3.63, 3.8) is 0 Å². The molecule has 8 heteroatoms. The van der Waals surface area contributed by atoms with Crippen molar-refractivity contribution in [2.24, 2.45) is 0 Å². The Bertz CT molecular complexity index is 1330. The first-order valence-electron chi connectivity index (χ1n) is 10.7. The normalized spacial score (nSPS) is 11.6. The van der Waals surface area contributed by atoms with Crippen molar-refractivity contribution < 1.29 is 13.2 Å². The molecule has 0 saturated heterocycles. The minimum atomic E-state index is -4.63. The summed E-state index contributed by atoms with van der Waals surface area (Å²) in [6.45, 7) is 3.70. The Kier molecular flexibility index (Phi) is 6.14. The van der Waals surface area contributed by atoms with Crippen molar-refractivity contribution in [1.82, 2.24) is 19.6 Å². The van der Waals surface area contributed by atoms with Gasteiger partial charge in [-0.15, -0.1) is 5.10 Å². The molecule has 2 heterocycles. The van der Waals surface area contributed by atoms with Crippen molar-refractivity contribution in [1.29, 1.82) is 5.26 Å². The Morgan fingerprint density at radius 3 is 2.42 bits per heavy atom. The van der Waals surface area contributed by atoms with Gasteiger partial charge in [0.05, 0.1) is 11.6 Å². The molecule has 2 aromatic carbocycles. The number of aryl methyl sites for hydroxylation is 2. The van der Waals surface area contributed by atoms with Gasteiger partial charge in [0.2, 0.25) is 0 Å². The molecule has 0 atom stereocenters. The van der Waals surface area contributed by atoms with Crippen molar-refractivity contribution >= 4 is 5.65 Å². The van der Waals surface area contributed by atoms with E-state index in [1.165, 1.54) is 4.52 Å². The number of hydrogen-bond donors (Lipinski definition) is 0. The van der Waals surface area contributed by atoms with Gasteiger partial charge >= 0.3 is 6.18 Å². The molecule has 2 aromatic heterocycles. The molecule has 0 radical (unpaired) electrons. The van der Waals surface area contributed by atoms with E-state index in [1.807, 2.05) is 42.5 Å². The average Bonchev–Trinajstić information content (AvgIpc) is 3.27. The van der Waals surface area contributed by atoms with Gasteiger partial charge in [0.1, 0.15) is 5.82 Å². The van der Waals surface area contributed by atoms with Gasteiger partial charge in [-0.3, -0.25) is 0 Å². The molecule has 0 aliphatic rings. The lowest BCUT2D eigenvalue weighted by Gasteiger charge is -2.12. The van der Waals surface area contributed by atoms with Crippen molar-refractivity contribution in [2.45, 2.75) is 45.7 Å². The lowest BCUT2D eigenvalue weighted by atomic mass is 9.96. The Balaban J connectivity index is 1.76. The van der Waals surface area contributed by atoms with E-state index in [2.05, 4.69) is 28.1 Å². The molecular formula is C25H22F3N5.